The molecule has 0 bridgehead atoms. The van der Waals surface area contributed by atoms with Crippen molar-refractivity contribution in [2.24, 2.45) is 0 Å². The van der Waals surface area contributed by atoms with Crippen molar-refractivity contribution >= 4 is 23.3 Å². The summed E-state index contributed by atoms with van der Waals surface area (Å²) in [4.78, 5) is 23.5. The minimum absolute atomic E-state index is 0.140. The number of nitriles is 1. The smallest absolute Gasteiger partial charge is 0.350 e. The van der Waals surface area contributed by atoms with Crippen molar-refractivity contribution in [1.82, 2.24) is 0 Å². The molecule has 126 valence electrons. The molecule has 0 aliphatic carbocycles. The molecule has 25 heavy (non-hydrogen) atoms. The van der Waals surface area contributed by atoms with Gasteiger partial charge in [0.25, 0.3) is 5.91 Å². The van der Waals surface area contributed by atoms with Gasteiger partial charge in [0.1, 0.15) is 6.07 Å². The van der Waals surface area contributed by atoms with Crippen molar-refractivity contribution < 1.29 is 14.3 Å². The van der Waals surface area contributed by atoms with Crippen LogP contribution in [0.2, 0.25) is 0 Å². The summed E-state index contributed by atoms with van der Waals surface area (Å²) >= 11 is 0. The number of hydrogen-bond acceptors (Lipinski definition) is 5. The summed E-state index contributed by atoms with van der Waals surface area (Å²) < 4.78 is 4.49. The van der Waals surface area contributed by atoms with Gasteiger partial charge in [-0.15, -0.1) is 0 Å². The Morgan fingerprint density at radius 1 is 1.12 bits per heavy atom. The summed E-state index contributed by atoms with van der Waals surface area (Å²) in [5.74, 6) is -0.904. The molecule has 0 unspecified atom stereocenters. The molecular formula is C19H17N3O3. The van der Waals surface area contributed by atoms with Gasteiger partial charge < -0.3 is 15.4 Å². The van der Waals surface area contributed by atoms with Crippen LogP contribution in [0.25, 0.3) is 0 Å². The maximum Gasteiger partial charge on any atom is 0.350 e. The van der Waals surface area contributed by atoms with Gasteiger partial charge in [-0.3, -0.25) is 4.79 Å². The second kappa shape index (κ2) is 8.31. The summed E-state index contributed by atoms with van der Waals surface area (Å²) in [7, 11) is 1.21. The van der Waals surface area contributed by atoms with Crippen molar-refractivity contribution in [3.8, 4) is 6.07 Å². The number of benzene rings is 2. The van der Waals surface area contributed by atoms with Gasteiger partial charge in [0.05, 0.1) is 7.11 Å². The van der Waals surface area contributed by atoms with Crippen molar-refractivity contribution in [2.75, 3.05) is 17.7 Å². The molecule has 0 spiro atoms. The van der Waals surface area contributed by atoms with Crippen LogP contribution in [0.4, 0.5) is 11.4 Å². The molecular weight excluding hydrogens is 318 g/mol. The number of esters is 1. The van der Waals surface area contributed by atoms with Gasteiger partial charge in [0.2, 0.25) is 0 Å². The van der Waals surface area contributed by atoms with Gasteiger partial charge in [0.15, 0.2) is 5.57 Å². The van der Waals surface area contributed by atoms with Gasteiger partial charge in [0, 0.05) is 23.1 Å². The molecule has 0 heterocycles. The lowest BCUT2D eigenvalue weighted by Gasteiger charge is -2.07. The largest absolute Gasteiger partial charge is 0.465 e. The molecule has 6 nitrogen and oxygen atoms in total. The third-order valence-electron chi connectivity index (χ3n) is 3.33. The number of rotatable bonds is 5. The van der Waals surface area contributed by atoms with Crippen LogP contribution in [-0.2, 0) is 9.53 Å². The fourth-order valence-corrected chi connectivity index (χ4v) is 2.04. The number of carbonyl (C=O) groups excluding carboxylic acids is 2. The lowest BCUT2D eigenvalue weighted by Crippen LogP contribution is -2.11. The Hall–Kier alpha value is -3.59. The number of nitrogens with zero attached hydrogens (tertiary/aromatic N) is 1. The molecule has 2 N–H and O–H groups in total. The molecule has 0 saturated carbocycles. The highest BCUT2D eigenvalue weighted by Crippen LogP contribution is 2.15. The standard InChI is InChI=1S/C19H17N3O3/c1-13-4-3-5-14(10-13)18(23)22-17-8-6-16(7-9-17)21-12-15(11-20)19(24)25-2/h3-10,12,21H,1-2H3,(H,22,23)/b15-12+. The molecule has 0 atom stereocenters. The van der Waals surface area contributed by atoms with E-state index in [0.29, 0.717) is 16.9 Å². The highest BCUT2D eigenvalue weighted by molar-refractivity contribution is 6.04. The first kappa shape index (κ1) is 17.8. The van der Waals surface area contributed by atoms with Crippen molar-refractivity contribution in [1.29, 1.82) is 5.26 Å². The Balaban J connectivity index is 2.03. The van der Waals surface area contributed by atoms with Gasteiger partial charge >= 0.3 is 5.97 Å². The number of carbonyl (C=O) groups is 2. The molecule has 2 aromatic carbocycles. The predicted molar refractivity (Wildman–Crippen MR) is 94.9 cm³/mol. The lowest BCUT2D eigenvalue weighted by molar-refractivity contribution is -0.135. The molecule has 0 aliphatic heterocycles. The highest BCUT2D eigenvalue weighted by Gasteiger charge is 2.08. The molecule has 1 amide bonds. The number of hydrogen-bond donors (Lipinski definition) is 2. The average Bonchev–Trinajstić information content (AvgIpc) is 2.63. The zero-order valence-electron chi connectivity index (χ0n) is 13.9. The van der Waals surface area contributed by atoms with Gasteiger partial charge in [-0.2, -0.15) is 5.26 Å². The van der Waals surface area contributed by atoms with E-state index >= 15 is 0 Å². The molecule has 0 radical (unpaired) electrons. The number of amides is 1. The SMILES string of the molecule is COC(=O)/C(C#N)=C/Nc1ccc(NC(=O)c2cccc(C)c2)cc1. The fourth-order valence-electron chi connectivity index (χ4n) is 2.04. The monoisotopic (exact) mass is 335 g/mol. The summed E-state index contributed by atoms with van der Waals surface area (Å²) in [6.07, 6.45) is 1.27. The second-order valence-corrected chi connectivity index (χ2v) is 5.21. The zero-order valence-corrected chi connectivity index (χ0v) is 13.9. The molecule has 6 heteroatoms. The molecule has 0 aliphatic rings. The normalized spacial score (nSPS) is 10.5. The zero-order chi connectivity index (χ0) is 18.2. The lowest BCUT2D eigenvalue weighted by atomic mass is 10.1. The summed E-state index contributed by atoms with van der Waals surface area (Å²) in [5.41, 5.74) is 2.75. The van der Waals surface area contributed by atoms with Crippen LogP contribution in [-0.4, -0.2) is 19.0 Å². The van der Waals surface area contributed by atoms with Crippen molar-refractivity contribution in [3.05, 3.63) is 71.4 Å². The Morgan fingerprint density at radius 3 is 2.40 bits per heavy atom. The third kappa shape index (κ3) is 4.94. The van der Waals surface area contributed by atoms with Gasteiger partial charge in [-0.05, 0) is 43.3 Å². The summed E-state index contributed by atoms with van der Waals surface area (Å²) in [5, 5.41) is 14.5. The number of nitrogens with one attached hydrogen (secondary N) is 2. The van der Waals surface area contributed by atoms with Crippen LogP contribution < -0.4 is 10.6 Å². The molecule has 2 rings (SSSR count). The minimum atomic E-state index is -0.711. The number of anilines is 2. The van der Waals surface area contributed by atoms with Gasteiger partial charge in [-0.25, -0.2) is 4.79 Å². The van der Waals surface area contributed by atoms with Crippen LogP contribution in [0.3, 0.4) is 0 Å². The Labute approximate surface area is 145 Å². The van der Waals surface area contributed by atoms with Crippen LogP contribution >= 0.6 is 0 Å². The highest BCUT2D eigenvalue weighted by atomic mass is 16.5. The van der Waals surface area contributed by atoms with Gasteiger partial charge in [-0.1, -0.05) is 17.7 Å². The predicted octanol–water partition coefficient (Wildman–Crippen LogP) is 3.24. The Bertz CT molecular complexity index is 849. The number of aryl methyl sites for hydroxylation is 1. The molecule has 2 aromatic rings. The van der Waals surface area contributed by atoms with Crippen LogP contribution in [0.1, 0.15) is 15.9 Å². The Kier molecular flexibility index (Phi) is 5.91. The van der Waals surface area contributed by atoms with Crippen LogP contribution in [0.15, 0.2) is 60.3 Å². The first-order chi connectivity index (χ1) is 12.0. The topological polar surface area (TPSA) is 91.2 Å². The van der Waals surface area contributed by atoms with Crippen molar-refractivity contribution in [2.45, 2.75) is 6.92 Å². The van der Waals surface area contributed by atoms with Crippen molar-refractivity contribution in [3.63, 3.8) is 0 Å². The van der Waals surface area contributed by atoms with E-state index in [4.69, 9.17) is 5.26 Å². The van der Waals surface area contributed by atoms with E-state index in [1.807, 2.05) is 25.1 Å². The quantitative estimate of drug-likeness (QED) is 0.497. The van der Waals surface area contributed by atoms with E-state index in [9.17, 15) is 9.59 Å². The molecule has 0 saturated heterocycles. The molecule has 0 fully saturated rings. The van der Waals surface area contributed by atoms with E-state index in [0.717, 1.165) is 5.56 Å². The first-order valence-corrected chi connectivity index (χ1v) is 7.46. The number of ether oxygens (including phenoxy) is 1. The summed E-state index contributed by atoms with van der Waals surface area (Å²) in [6.45, 7) is 1.93. The maximum atomic E-state index is 12.2. The van der Waals surface area contributed by atoms with Crippen LogP contribution in [0, 0.1) is 18.3 Å². The van der Waals surface area contributed by atoms with E-state index in [-0.39, 0.29) is 11.5 Å². The minimum Gasteiger partial charge on any atom is -0.465 e. The third-order valence-corrected chi connectivity index (χ3v) is 3.33. The summed E-state index contributed by atoms with van der Waals surface area (Å²) in [6, 6.07) is 15.9. The van der Waals surface area contributed by atoms with E-state index in [1.165, 1.54) is 13.3 Å². The Morgan fingerprint density at radius 2 is 1.80 bits per heavy atom. The van der Waals surface area contributed by atoms with E-state index < -0.39 is 5.97 Å². The number of methoxy groups -OCH3 is 1. The van der Waals surface area contributed by atoms with Crippen LogP contribution in [0.5, 0.6) is 0 Å². The van der Waals surface area contributed by atoms with E-state index in [2.05, 4.69) is 15.4 Å². The first-order valence-electron chi connectivity index (χ1n) is 7.46. The average molecular weight is 335 g/mol. The second-order valence-electron chi connectivity index (χ2n) is 5.21. The maximum absolute atomic E-state index is 12.2. The molecule has 0 aromatic heterocycles. The van der Waals surface area contributed by atoms with E-state index in [1.54, 1.807) is 36.4 Å². The fraction of sp³-hybridized carbons (Fsp3) is 0.105.